The van der Waals surface area contributed by atoms with Gasteiger partial charge < -0.3 is 10.4 Å². The van der Waals surface area contributed by atoms with Crippen molar-refractivity contribution in [3.05, 3.63) is 48.3 Å². The van der Waals surface area contributed by atoms with Crippen LogP contribution >= 0.6 is 0 Å². The van der Waals surface area contributed by atoms with Crippen molar-refractivity contribution in [3.8, 4) is 0 Å². The summed E-state index contributed by atoms with van der Waals surface area (Å²) < 4.78 is 0. The smallest absolute Gasteiger partial charge is 0.269 e. The average molecular weight is 228 g/mol. The molecule has 1 aromatic heterocycles. The zero-order valence-corrected chi connectivity index (χ0v) is 8.66. The van der Waals surface area contributed by atoms with Gasteiger partial charge in [0, 0.05) is 11.3 Å². The number of aromatic nitrogens is 3. The van der Waals surface area contributed by atoms with Crippen LogP contribution < -0.4 is 5.32 Å². The van der Waals surface area contributed by atoms with Crippen molar-refractivity contribution < 1.29 is 9.90 Å². The van der Waals surface area contributed by atoms with E-state index < -0.39 is 11.5 Å². The van der Waals surface area contributed by atoms with E-state index >= 15 is 0 Å². The summed E-state index contributed by atoms with van der Waals surface area (Å²) in [5, 5.41) is 13.1. The number of carbonyl (C=O) groups excluding carboxylic acids is 1. The number of benzene rings is 1. The zero-order valence-electron chi connectivity index (χ0n) is 8.66. The van der Waals surface area contributed by atoms with Crippen molar-refractivity contribution in [2.45, 2.75) is 5.60 Å². The first-order chi connectivity index (χ1) is 8.23. The van der Waals surface area contributed by atoms with Gasteiger partial charge in [-0.1, -0.05) is 18.2 Å². The van der Waals surface area contributed by atoms with Crippen LogP contribution in [0.15, 0.2) is 36.9 Å². The molecule has 3 rings (SSSR count). The normalized spacial score (nSPS) is 22.1. The number of nitrogens with zero attached hydrogens (tertiary/aromatic N) is 3. The number of amides is 1. The van der Waals surface area contributed by atoms with Gasteiger partial charge in [-0.25, -0.2) is 15.0 Å². The standard InChI is InChI=1S/C11H8N4O2/c16-10-11(17,9-13-5-12-6-14-9)7-3-1-2-4-8(7)15-10/h1-6,17H,(H,15,16). The topological polar surface area (TPSA) is 88.0 Å². The van der Waals surface area contributed by atoms with Gasteiger partial charge in [0.15, 0.2) is 5.82 Å². The number of hydrogen-bond acceptors (Lipinski definition) is 5. The Morgan fingerprint density at radius 1 is 1.18 bits per heavy atom. The van der Waals surface area contributed by atoms with Crippen LogP contribution in [0, 0.1) is 0 Å². The number of nitrogens with one attached hydrogen (secondary N) is 1. The van der Waals surface area contributed by atoms with Gasteiger partial charge in [0.25, 0.3) is 5.91 Å². The molecule has 1 aliphatic rings. The van der Waals surface area contributed by atoms with Crippen LogP contribution in [0.3, 0.4) is 0 Å². The molecule has 0 radical (unpaired) electrons. The summed E-state index contributed by atoms with van der Waals surface area (Å²) in [7, 11) is 0. The third kappa shape index (κ3) is 1.24. The molecule has 1 aromatic carbocycles. The fourth-order valence-electron chi connectivity index (χ4n) is 1.89. The van der Waals surface area contributed by atoms with Gasteiger partial charge >= 0.3 is 0 Å². The van der Waals surface area contributed by atoms with Crippen LogP contribution in [0.4, 0.5) is 5.69 Å². The van der Waals surface area contributed by atoms with Gasteiger partial charge in [-0.15, -0.1) is 0 Å². The number of para-hydroxylation sites is 1. The highest BCUT2D eigenvalue weighted by atomic mass is 16.3. The van der Waals surface area contributed by atoms with E-state index in [1.165, 1.54) is 12.7 Å². The minimum absolute atomic E-state index is 0.0231. The molecule has 0 bridgehead atoms. The molecule has 2 aromatic rings. The number of aliphatic hydroxyl groups is 1. The summed E-state index contributed by atoms with van der Waals surface area (Å²) in [6.45, 7) is 0. The molecule has 84 valence electrons. The van der Waals surface area contributed by atoms with Gasteiger partial charge in [-0.2, -0.15) is 0 Å². The lowest BCUT2D eigenvalue weighted by Gasteiger charge is -2.18. The first kappa shape index (κ1) is 9.86. The van der Waals surface area contributed by atoms with E-state index in [1.807, 2.05) is 0 Å². The summed E-state index contributed by atoms with van der Waals surface area (Å²) in [6.07, 6.45) is 2.49. The lowest BCUT2D eigenvalue weighted by Crippen LogP contribution is -2.37. The molecule has 17 heavy (non-hydrogen) atoms. The molecule has 0 aliphatic carbocycles. The molecule has 2 N–H and O–H groups in total. The average Bonchev–Trinajstić information content (AvgIpc) is 2.64. The number of anilines is 1. The second-order valence-corrected chi connectivity index (χ2v) is 3.67. The number of carbonyl (C=O) groups is 1. The second kappa shape index (κ2) is 3.33. The molecule has 1 amide bonds. The lowest BCUT2D eigenvalue weighted by molar-refractivity contribution is -0.130. The van der Waals surface area contributed by atoms with E-state index in [1.54, 1.807) is 24.3 Å². The maximum atomic E-state index is 11.9. The van der Waals surface area contributed by atoms with Crippen LogP contribution in [0.1, 0.15) is 11.4 Å². The number of rotatable bonds is 1. The summed E-state index contributed by atoms with van der Waals surface area (Å²) >= 11 is 0. The van der Waals surface area contributed by atoms with Crippen molar-refractivity contribution in [2.75, 3.05) is 5.32 Å². The molecule has 6 nitrogen and oxygen atoms in total. The van der Waals surface area contributed by atoms with Crippen molar-refractivity contribution >= 4 is 11.6 Å². The van der Waals surface area contributed by atoms with E-state index in [0.29, 0.717) is 11.3 Å². The Morgan fingerprint density at radius 2 is 1.88 bits per heavy atom. The Bertz CT molecular complexity index is 587. The van der Waals surface area contributed by atoms with E-state index in [9.17, 15) is 9.90 Å². The molecule has 0 fully saturated rings. The minimum atomic E-state index is -1.83. The van der Waals surface area contributed by atoms with Crippen molar-refractivity contribution in [1.82, 2.24) is 15.0 Å². The molecular formula is C11H8N4O2. The monoisotopic (exact) mass is 228 g/mol. The SMILES string of the molecule is O=C1Nc2ccccc2C1(O)c1ncncn1. The summed E-state index contributed by atoms with van der Waals surface area (Å²) in [5.74, 6) is -0.528. The Kier molecular flexibility index (Phi) is 1.93. The summed E-state index contributed by atoms with van der Waals surface area (Å²) in [6, 6.07) is 6.90. The van der Waals surface area contributed by atoms with Crippen LogP contribution in [-0.4, -0.2) is 26.0 Å². The fraction of sp³-hybridized carbons (Fsp3) is 0.0909. The number of hydrogen-bond donors (Lipinski definition) is 2. The van der Waals surface area contributed by atoms with Crippen molar-refractivity contribution in [3.63, 3.8) is 0 Å². The summed E-state index contributed by atoms with van der Waals surface area (Å²) in [4.78, 5) is 23.3. The first-order valence-electron chi connectivity index (χ1n) is 4.99. The first-order valence-corrected chi connectivity index (χ1v) is 4.99. The van der Waals surface area contributed by atoms with E-state index in [2.05, 4.69) is 20.3 Å². The van der Waals surface area contributed by atoms with E-state index in [4.69, 9.17) is 0 Å². The Labute approximate surface area is 96.4 Å². The third-order valence-electron chi connectivity index (χ3n) is 2.71. The van der Waals surface area contributed by atoms with Gasteiger partial charge in [0.05, 0.1) is 0 Å². The maximum absolute atomic E-state index is 11.9. The Hall–Kier alpha value is -2.34. The quantitative estimate of drug-likeness (QED) is 0.720. The predicted molar refractivity (Wildman–Crippen MR) is 57.9 cm³/mol. The Balaban J connectivity index is 2.24. The predicted octanol–water partition coefficient (Wildman–Crippen LogP) is 0.0596. The number of fused-ring (bicyclic) bond motifs is 1. The third-order valence-corrected chi connectivity index (χ3v) is 2.71. The molecule has 0 spiro atoms. The van der Waals surface area contributed by atoms with Gasteiger partial charge in [0.1, 0.15) is 12.7 Å². The summed E-state index contributed by atoms with van der Waals surface area (Å²) in [5.41, 5.74) is -0.809. The largest absolute Gasteiger partial charge is 0.369 e. The van der Waals surface area contributed by atoms with Crippen LogP contribution in [-0.2, 0) is 10.4 Å². The van der Waals surface area contributed by atoms with Gasteiger partial charge in [0.2, 0.25) is 5.60 Å². The van der Waals surface area contributed by atoms with Crippen LogP contribution in [0.25, 0.3) is 0 Å². The highest BCUT2D eigenvalue weighted by molar-refractivity contribution is 6.06. The molecule has 2 heterocycles. The van der Waals surface area contributed by atoms with Crippen LogP contribution in [0.5, 0.6) is 0 Å². The highest BCUT2D eigenvalue weighted by Gasteiger charge is 2.49. The zero-order chi connectivity index (χ0) is 11.9. The maximum Gasteiger partial charge on any atom is 0.269 e. The molecule has 1 unspecified atom stereocenters. The van der Waals surface area contributed by atoms with E-state index in [0.717, 1.165) is 0 Å². The van der Waals surface area contributed by atoms with Gasteiger partial charge in [-0.05, 0) is 6.07 Å². The lowest BCUT2D eigenvalue weighted by atomic mass is 9.94. The van der Waals surface area contributed by atoms with Crippen molar-refractivity contribution in [1.29, 1.82) is 0 Å². The van der Waals surface area contributed by atoms with Crippen LogP contribution in [0.2, 0.25) is 0 Å². The molecule has 6 heteroatoms. The van der Waals surface area contributed by atoms with Crippen molar-refractivity contribution in [2.24, 2.45) is 0 Å². The Morgan fingerprint density at radius 3 is 2.65 bits per heavy atom. The molecule has 1 atom stereocenters. The highest BCUT2D eigenvalue weighted by Crippen LogP contribution is 2.38. The van der Waals surface area contributed by atoms with E-state index in [-0.39, 0.29) is 5.82 Å². The molecule has 1 aliphatic heterocycles. The molecule has 0 saturated heterocycles. The minimum Gasteiger partial charge on any atom is -0.369 e. The van der Waals surface area contributed by atoms with Gasteiger partial charge in [-0.3, -0.25) is 4.79 Å². The molecular weight excluding hydrogens is 220 g/mol. The second-order valence-electron chi connectivity index (χ2n) is 3.67. The molecule has 0 saturated carbocycles. The fourth-order valence-corrected chi connectivity index (χ4v) is 1.89.